The van der Waals surface area contributed by atoms with Crippen LogP contribution < -0.4 is 0 Å². The van der Waals surface area contributed by atoms with E-state index in [-0.39, 0.29) is 25.4 Å². The molecule has 0 heterocycles. The molecule has 1 amide bonds. The molecule has 0 radical (unpaired) electrons. The zero-order valence-corrected chi connectivity index (χ0v) is 9.82. The van der Waals surface area contributed by atoms with Crippen LogP contribution in [0.4, 0.5) is 17.6 Å². The Balaban J connectivity index is 4.56. The molecular formula is C9H12ClF4NO2. The lowest BCUT2D eigenvalue weighted by Gasteiger charge is -2.25. The molecule has 8 heteroatoms. The van der Waals surface area contributed by atoms with E-state index in [9.17, 15) is 27.2 Å². The Hall–Kier alpha value is -0.850. The molecule has 0 aliphatic carbocycles. The summed E-state index contributed by atoms with van der Waals surface area (Å²) >= 11 is 5.18. The van der Waals surface area contributed by atoms with E-state index in [2.05, 4.69) is 0 Å². The molecule has 3 nitrogen and oxygen atoms in total. The Kier molecular flexibility index (Phi) is 6.44. The van der Waals surface area contributed by atoms with Crippen LogP contribution in [0, 0.1) is 0 Å². The van der Waals surface area contributed by atoms with Crippen molar-refractivity contribution in [1.29, 1.82) is 0 Å². The van der Waals surface area contributed by atoms with Crippen LogP contribution in [0.3, 0.4) is 0 Å². The van der Waals surface area contributed by atoms with Gasteiger partial charge in [-0.05, 0) is 6.92 Å². The quantitative estimate of drug-likeness (QED) is 0.527. The van der Waals surface area contributed by atoms with Gasteiger partial charge in [-0.25, -0.2) is 8.78 Å². The van der Waals surface area contributed by atoms with Gasteiger partial charge in [0.15, 0.2) is 0 Å². The first-order chi connectivity index (χ1) is 7.77. The van der Waals surface area contributed by atoms with Gasteiger partial charge in [-0.3, -0.25) is 9.59 Å². The van der Waals surface area contributed by atoms with E-state index in [4.69, 9.17) is 11.6 Å². The van der Waals surface area contributed by atoms with Crippen molar-refractivity contribution in [3.05, 3.63) is 0 Å². The van der Waals surface area contributed by atoms with E-state index in [1.807, 2.05) is 0 Å². The molecule has 0 saturated carbocycles. The topological polar surface area (TPSA) is 37.4 Å². The summed E-state index contributed by atoms with van der Waals surface area (Å²) < 4.78 is 49.3. The summed E-state index contributed by atoms with van der Waals surface area (Å²) in [6.07, 6.45) is -4.30. The van der Waals surface area contributed by atoms with E-state index in [1.165, 1.54) is 6.92 Å². The van der Waals surface area contributed by atoms with Crippen LogP contribution >= 0.6 is 11.6 Å². The smallest absolute Gasteiger partial charge is 0.337 e. The van der Waals surface area contributed by atoms with Crippen molar-refractivity contribution in [2.24, 2.45) is 0 Å². The third-order valence-corrected chi connectivity index (χ3v) is 2.34. The van der Waals surface area contributed by atoms with Crippen molar-refractivity contribution >= 4 is 23.3 Å². The van der Waals surface area contributed by atoms with Crippen LogP contribution in [0.5, 0.6) is 0 Å². The largest absolute Gasteiger partial charge is 0.383 e. The second-order valence-electron chi connectivity index (χ2n) is 3.23. The lowest BCUT2D eigenvalue weighted by molar-refractivity contribution is -0.180. The molecule has 0 spiro atoms. The third kappa shape index (κ3) is 4.49. The van der Waals surface area contributed by atoms with Crippen LogP contribution in [0.1, 0.15) is 13.3 Å². The predicted octanol–water partition coefficient (Wildman–Crippen LogP) is 1.93. The summed E-state index contributed by atoms with van der Waals surface area (Å²) in [6, 6.07) is 0. The number of ketones is 1. The summed E-state index contributed by atoms with van der Waals surface area (Å²) in [4.78, 5) is 22.4. The maximum atomic E-state index is 12.7. The van der Waals surface area contributed by atoms with Gasteiger partial charge in [0.05, 0.1) is 5.88 Å². The highest BCUT2D eigenvalue weighted by Crippen LogP contribution is 2.25. The minimum absolute atomic E-state index is 0.184. The second kappa shape index (κ2) is 6.78. The number of hydrogen-bond acceptors (Lipinski definition) is 2. The van der Waals surface area contributed by atoms with E-state index in [0.29, 0.717) is 4.90 Å². The maximum Gasteiger partial charge on any atom is 0.383 e. The van der Waals surface area contributed by atoms with Gasteiger partial charge in [-0.2, -0.15) is 8.78 Å². The van der Waals surface area contributed by atoms with Gasteiger partial charge < -0.3 is 4.90 Å². The van der Waals surface area contributed by atoms with E-state index < -0.39 is 24.0 Å². The zero-order valence-electron chi connectivity index (χ0n) is 9.06. The summed E-state index contributed by atoms with van der Waals surface area (Å²) in [5.74, 6) is -7.45. The molecule has 0 fully saturated rings. The Morgan fingerprint density at radius 3 is 2.24 bits per heavy atom. The minimum Gasteiger partial charge on any atom is -0.337 e. The maximum absolute atomic E-state index is 12.7. The van der Waals surface area contributed by atoms with Gasteiger partial charge in [0, 0.05) is 19.5 Å². The average molecular weight is 278 g/mol. The van der Waals surface area contributed by atoms with Gasteiger partial charge in [-0.1, -0.05) is 0 Å². The van der Waals surface area contributed by atoms with Gasteiger partial charge in [0.2, 0.25) is 0 Å². The molecule has 0 rings (SSSR count). The lowest BCUT2D eigenvalue weighted by atomic mass is 10.2. The molecule has 0 N–H and O–H groups in total. The summed E-state index contributed by atoms with van der Waals surface area (Å²) in [7, 11) is 0. The van der Waals surface area contributed by atoms with Crippen LogP contribution in [0.25, 0.3) is 0 Å². The van der Waals surface area contributed by atoms with Crippen molar-refractivity contribution in [1.82, 2.24) is 4.90 Å². The molecule has 0 aromatic carbocycles. The molecule has 0 bridgehead atoms. The first kappa shape index (κ1) is 16.1. The Morgan fingerprint density at radius 1 is 1.35 bits per heavy atom. The monoisotopic (exact) mass is 277 g/mol. The molecule has 0 aliphatic heterocycles. The third-order valence-electron chi connectivity index (χ3n) is 2.04. The van der Waals surface area contributed by atoms with Crippen molar-refractivity contribution in [3.8, 4) is 0 Å². The van der Waals surface area contributed by atoms with E-state index in [0.717, 1.165) is 0 Å². The fourth-order valence-electron chi connectivity index (χ4n) is 1.03. The zero-order chi connectivity index (χ0) is 13.6. The number of carbonyl (C=O) groups is 2. The van der Waals surface area contributed by atoms with Crippen LogP contribution in [-0.4, -0.2) is 47.9 Å². The number of carbonyl (C=O) groups excluding carboxylic acids is 2. The predicted molar refractivity (Wildman–Crippen MR) is 53.5 cm³/mol. The Bertz CT molecular complexity index is 286. The molecule has 0 aliphatic rings. The molecule has 0 aromatic heterocycles. The molecule has 0 saturated heterocycles. The number of alkyl halides is 5. The number of amides is 1. The number of nitrogens with zero attached hydrogens (tertiary/aromatic N) is 1. The average Bonchev–Trinajstić information content (AvgIpc) is 2.28. The van der Waals surface area contributed by atoms with Gasteiger partial charge >= 0.3 is 12.3 Å². The highest BCUT2D eigenvalue weighted by molar-refractivity contribution is 6.27. The van der Waals surface area contributed by atoms with E-state index in [1.54, 1.807) is 0 Å². The second-order valence-corrected chi connectivity index (χ2v) is 3.50. The number of rotatable bonds is 7. The van der Waals surface area contributed by atoms with Crippen molar-refractivity contribution in [2.75, 3.05) is 19.0 Å². The number of halogens is 5. The van der Waals surface area contributed by atoms with Gasteiger partial charge in [-0.15, -0.1) is 11.6 Å². The standard InChI is InChI=1S/C9H12ClF4NO2/c1-2-15(4-3-6(16)5-10)8(17)9(13,14)7(11)12/h7H,2-5H2,1H3. The fraction of sp³-hybridized carbons (Fsp3) is 0.778. The summed E-state index contributed by atoms with van der Waals surface area (Å²) in [6.45, 7) is 0.824. The highest BCUT2D eigenvalue weighted by atomic mass is 35.5. The molecule has 0 atom stereocenters. The normalized spacial score (nSPS) is 11.7. The first-order valence-electron chi connectivity index (χ1n) is 4.80. The molecular weight excluding hydrogens is 266 g/mol. The van der Waals surface area contributed by atoms with Gasteiger partial charge in [0.1, 0.15) is 5.78 Å². The van der Waals surface area contributed by atoms with Crippen molar-refractivity contribution in [2.45, 2.75) is 25.7 Å². The molecule has 0 unspecified atom stereocenters. The summed E-state index contributed by atoms with van der Waals surface area (Å²) in [5, 5.41) is 0. The lowest BCUT2D eigenvalue weighted by Crippen LogP contribution is -2.48. The minimum atomic E-state index is -4.72. The van der Waals surface area contributed by atoms with Crippen LogP contribution in [0.15, 0.2) is 0 Å². The van der Waals surface area contributed by atoms with Crippen LogP contribution in [-0.2, 0) is 9.59 Å². The Morgan fingerprint density at radius 2 is 1.88 bits per heavy atom. The molecule has 100 valence electrons. The van der Waals surface area contributed by atoms with Crippen molar-refractivity contribution < 1.29 is 27.2 Å². The van der Waals surface area contributed by atoms with E-state index >= 15 is 0 Å². The fourth-order valence-corrected chi connectivity index (χ4v) is 1.17. The molecule has 0 aromatic rings. The number of Topliss-reactive ketones (excluding diaryl/α,β-unsaturated/α-hetero) is 1. The molecule has 17 heavy (non-hydrogen) atoms. The van der Waals surface area contributed by atoms with Gasteiger partial charge in [0.25, 0.3) is 5.91 Å². The van der Waals surface area contributed by atoms with Crippen molar-refractivity contribution in [3.63, 3.8) is 0 Å². The highest BCUT2D eigenvalue weighted by Gasteiger charge is 2.50. The Labute approximate surface area is 101 Å². The van der Waals surface area contributed by atoms with Crippen LogP contribution in [0.2, 0.25) is 0 Å². The SMILES string of the molecule is CCN(CCC(=O)CCl)C(=O)C(F)(F)C(F)F. The summed E-state index contributed by atoms with van der Waals surface area (Å²) in [5.41, 5.74) is 0. The first-order valence-corrected chi connectivity index (χ1v) is 5.33. The number of hydrogen-bond donors (Lipinski definition) is 0.